The zero-order chi connectivity index (χ0) is 15.1. The van der Waals surface area contributed by atoms with Crippen molar-refractivity contribution >= 4 is 5.91 Å². The number of nitrogens with one attached hydrogen (secondary N) is 1. The Labute approximate surface area is 125 Å². The number of nitrogen functional groups attached to an aromatic ring is 1. The van der Waals surface area contributed by atoms with Gasteiger partial charge >= 0.3 is 0 Å². The normalized spacial score (nSPS) is 18.7. The summed E-state index contributed by atoms with van der Waals surface area (Å²) in [6.07, 6.45) is 1.17. The number of carbonyl (C=O) groups excluding carboxylic acids is 1. The molecule has 0 aliphatic carbocycles. The standard InChI is InChI=1S/C15H23N3O3/c1-20-11-12-6-7-18(10-12)8-9-21-14-5-3-2-4-13(14)15(19)17-16/h2-5,12H,6-11,16H2,1H3,(H,17,19). The molecule has 0 saturated carbocycles. The third-order valence-electron chi connectivity index (χ3n) is 3.70. The highest BCUT2D eigenvalue weighted by atomic mass is 16.5. The van der Waals surface area contributed by atoms with Crippen molar-refractivity contribution in [2.75, 3.05) is 40.0 Å². The van der Waals surface area contributed by atoms with Crippen LogP contribution in [0, 0.1) is 5.92 Å². The maximum absolute atomic E-state index is 11.6. The number of amides is 1. The first-order valence-corrected chi connectivity index (χ1v) is 7.18. The summed E-state index contributed by atoms with van der Waals surface area (Å²) < 4.78 is 10.9. The number of hydrazine groups is 1. The molecule has 1 aliphatic rings. The van der Waals surface area contributed by atoms with E-state index in [1.165, 1.54) is 6.42 Å². The molecule has 1 atom stereocenters. The fourth-order valence-electron chi connectivity index (χ4n) is 2.63. The summed E-state index contributed by atoms with van der Waals surface area (Å²) >= 11 is 0. The molecule has 1 aromatic rings. The van der Waals surface area contributed by atoms with Gasteiger partial charge in [0.05, 0.1) is 12.2 Å². The van der Waals surface area contributed by atoms with Gasteiger partial charge in [0.1, 0.15) is 12.4 Å². The second-order valence-corrected chi connectivity index (χ2v) is 5.23. The highest BCUT2D eigenvalue weighted by Gasteiger charge is 2.22. The number of methoxy groups -OCH3 is 1. The minimum Gasteiger partial charge on any atom is -0.491 e. The monoisotopic (exact) mass is 293 g/mol. The van der Waals surface area contributed by atoms with Crippen LogP contribution in [-0.2, 0) is 4.74 Å². The van der Waals surface area contributed by atoms with Crippen molar-refractivity contribution in [2.45, 2.75) is 6.42 Å². The first-order valence-electron chi connectivity index (χ1n) is 7.18. The van der Waals surface area contributed by atoms with Crippen molar-refractivity contribution in [3.05, 3.63) is 29.8 Å². The predicted molar refractivity (Wildman–Crippen MR) is 80.0 cm³/mol. The van der Waals surface area contributed by atoms with E-state index in [2.05, 4.69) is 10.3 Å². The molecular formula is C15H23N3O3. The first kappa shape index (κ1) is 15.8. The fraction of sp³-hybridized carbons (Fsp3) is 0.533. The maximum atomic E-state index is 11.6. The number of benzene rings is 1. The van der Waals surface area contributed by atoms with E-state index in [0.717, 1.165) is 26.2 Å². The number of nitrogens with zero attached hydrogens (tertiary/aromatic N) is 1. The summed E-state index contributed by atoms with van der Waals surface area (Å²) in [6.45, 7) is 4.33. The Morgan fingerprint density at radius 3 is 3.05 bits per heavy atom. The molecule has 2 rings (SSSR count). The van der Waals surface area contributed by atoms with Gasteiger partial charge in [0.15, 0.2) is 0 Å². The molecule has 1 aromatic carbocycles. The molecule has 3 N–H and O–H groups in total. The molecule has 21 heavy (non-hydrogen) atoms. The molecule has 1 aliphatic heterocycles. The van der Waals surface area contributed by atoms with Crippen LogP contribution in [-0.4, -0.2) is 50.8 Å². The van der Waals surface area contributed by atoms with Crippen LogP contribution in [0.15, 0.2) is 24.3 Å². The van der Waals surface area contributed by atoms with Crippen LogP contribution in [0.3, 0.4) is 0 Å². The zero-order valence-electron chi connectivity index (χ0n) is 12.4. The van der Waals surface area contributed by atoms with Crippen molar-refractivity contribution in [2.24, 2.45) is 11.8 Å². The third kappa shape index (κ3) is 4.42. The van der Waals surface area contributed by atoms with Gasteiger partial charge in [0, 0.05) is 20.2 Å². The van der Waals surface area contributed by atoms with Crippen molar-refractivity contribution in [1.29, 1.82) is 0 Å². The van der Waals surface area contributed by atoms with E-state index in [0.29, 0.717) is 23.8 Å². The summed E-state index contributed by atoms with van der Waals surface area (Å²) in [4.78, 5) is 14.0. The Balaban J connectivity index is 1.80. The number of carbonyl (C=O) groups is 1. The number of para-hydroxylation sites is 1. The lowest BCUT2D eigenvalue weighted by Crippen LogP contribution is -2.31. The van der Waals surface area contributed by atoms with Gasteiger partial charge in [0.25, 0.3) is 5.91 Å². The highest BCUT2D eigenvalue weighted by molar-refractivity contribution is 5.96. The molecule has 116 valence electrons. The van der Waals surface area contributed by atoms with Crippen LogP contribution < -0.4 is 16.0 Å². The van der Waals surface area contributed by atoms with E-state index in [9.17, 15) is 4.79 Å². The number of nitrogens with two attached hydrogens (primary N) is 1. The number of hydrogen-bond donors (Lipinski definition) is 2. The van der Waals surface area contributed by atoms with E-state index in [1.807, 2.05) is 6.07 Å². The van der Waals surface area contributed by atoms with E-state index < -0.39 is 0 Å². The Morgan fingerprint density at radius 1 is 1.48 bits per heavy atom. The van der Waals surface area contributed by atoms with Gasteiger partial charge in [-0.05, 0) is 31.0 Å². The summed E-state index contributed by atoms with van der Waals surface area (Å²) in [7, 11) is 1.74. The summed E-state index contributed by atoms with van der Waals surface area (Å²) in [5.74, 6) is 6.01. The molecule has 0 spiro atoms. The maximum Gasteiger partial charge on any atom is 0.268 e. The van der Waals surface area contributed by atoms with Crippen molar-refractivity contribution in [3.63, 3.8) is 0 Å². The Bertz CT molecular complexity index is 467. The number of hydrogen-bond acceptors (Lipinski definition) is 5. The SMILES string of the molecule is COCC1CCN(CCOc2ccccc2C(=O)NN)C1. The average molecular weight is 293 g/mol. The molecule has 6 nitrogen and oxygen atoms in total. The van der Waals surface area contributed by atoms with Crippen LogP contribution in [0.2, 0.25) is 0 Å². The minimum atomic E-state index is -0.341. The van der Waals surface area contributed by atoms with Crippen LogP contribution in [0.4, 0.5) is 0 Å². The molecule has 0 aromatic heterocycles. The second kappa shape index (κ2) is 7.97. The predicted octanol–water partition coefficient (Wildman–Crippen LogP) is 0.637. The molecule has 1 amide bonds. The number of rotatable bonds is 7. The molecule has 0 bridgehead atoms. The van der Waals surface area contributed by atoms with E-state index >= 15 is 0 Å². The van der Waals surface area contributed by atoms with Crippen LogP contribution in [0.1, 0.15) is 16.8 Å². The summed E-state index contributed by atoms with van der Waals surface area (Å²) in [5, 5.41) is 0. The molecule has 0 radical (unpaired) electrons. The Kier molecular flexibility index (Phi) is 5.98. The van der Waals surface area contributed by atoms with Gasteiger partial charge < -0.3 is 9.47 Å². The smallest absolute Gasteiger partial charge is 0.268 e. The van der Waals surface area contributed by atoms with E-state index in [4.69, 9.17) is 15.3 Å². The Morgan fingerprint density at radius 2 is 2.29 bits per heavy atom. The minimum absolute atomic E-state index is 0.341. The quantitative estimate of drug-likeness (QED) is 0.438. The second-order valence-electron chi connectivity index (χ2n) is 5.23. The third-order valence-corrected chi connectivity index (χ3v) is 3.70. The van der Waals surface area contributed by atoms with Crippen molar-refractivity contribution in [3.8, 4) is 5.75 Å². The summed E-state index contributed by atoms with van der Waals surface area (Å²) in [6, 6.07) is 7.10. The van der Waals surface area contributed by atoms with E-state index in [-0.39, 0.29) is 5.91 Å². The lowest BCUT2D eigenvalue weighted by atomic mass is 10.1. The van der Waals surface area contributed by atoms with Gasteiger partial charge in [-0.25, -0.2) is 5.84 Å². The van der Waals surface area contributed by atoms with Gasteiger partial charge in [-0.15, -0.1) is 0 Å². The van der Waals surface area contributed by atoms with Crippen LogP contribution in [0.25, 0.3) is 0 Å². The topological polar surface area (TPSA) is 76.8 Å². The zero-order valence-corrected chi connectivity index (χ0v) is 12.4. The molecule has 1 unspecified atom stereocenters. The van der Waals surface area contributed by atoms with Gasteiger partial charge in [-0.2, -0.15) is 0 Å². The van der Waals surface area contributed by atoms with E-state index in [1.54, 1.807) is 25.3 Å². The average Bonchev–Trinajstić information content (AvgIpc) is 2.95. The number of ether oxygens (including phenoxy) is 2. The molecule has 1 saturated heterocycles. The van der Waals surface area contributed by atoms with Gasteiger partial charge in [-0.1, -0.05) is 12.1 Å². The van der Waals surface area contributed by atoms with Crippen molar-refractivity contribution < 1.29 is 14.3 Å². The molecule has 6 heteroatoms. The van der Waals surface area contributed by atoms with Crippen molar-refractivity contribution in [1.82, 2.24) is 10.3 Å². The van der Waals surface area contributed by atoms with Gasteiger partial charge in [0.2, 0.25) is 0 Å². The molecule has 1 fully saturated rings. The lowest BCUT2D eigenvalue weighted by Gasteiger charge is -2.17. The van der Waals surface area contributed by atoms with Gasteiger partial charge in [-0.3, -0.25) is 15.1 Å². The first-order chi connectivity index (χ1) is 10.2. The van der Waals surface area contributed by atoms with Crippen LogP contribution in [0.5, 0.6) is 5.75 Å². The number of likely N-dealkylation sites (tertiary alicyclic amines) is 1. The highest BCUT2D eigenvalue weighted by Crippen LogP contribution is 2.19. The lowest BCUT2D eigenvalue weighted by molar-refractivity contribution is 0.0949. The Hall–Kier alpha value is -1.63. The largest absolute Gasteiger partial charge is 0.491 e. The fourth-order valence-corrected chi connectivity index (χ4v) is 2.63. The molecule has 1 heterocycles. The summed E-state index contributed by atoms with van der Waals surface area (Å²) in [5.41, 5.74) is 2.59. The van der Waals surface area contributed by atoms with Crippen LogP contribution >= 0.6 is 0 Å². The molecular weight excluding hydrogens is 270 g/mol.